The van der Waals surface area contributed by atoms with Crippen LogP contribution in [0.2, 0.25) is 0 Å². The Bertz CT molecular complexity index is 7980. The summed E-state index contributed by atoms with van der Waals surface area (Å²) in [5.41, 5.74) is 19.7. The minimum absolute atomic E-state index is 0.0494. The molecular weight excluding hydrogens is 1520 g/mol. The van der Waals surface area contributed by atoms with E-state index in [1.54, 1.807) is 0 Å². The summed E-state index contributed by atoms with van der Waals surface area (Å²) in [5.74, 6) is -63.6. The van der Waals surface area contributed by atoms with Crippen molar-refractivity contribution in [3.63, 3.8) is 0 Å². The largest absolute Gasteiger partial charge is 0.493 e. The van der Waals surface area contributed by atoms with Crippen molar-refractivity contribution in [2.45, 2.75) is 259 Å². The van der Waals surface area contributed by atoms with E-state index in [1.807, 2.05) is 0 Å². The first kappa shape index (κ1) is 31.8. The lowest BCUT2D eigenvalue weighted by atomic mass is 9.79. The molecule has 0 bridgehead atoms. The number of benzene rings is 4. The zero-order valence-electron chi connectivity index (χ0n) is 156. The molecule has 672 valence electrons. The van der Waals surface area contributed by atoms with Gasteiger partial charge in [0.25, 0.3) is 0 Å². The van der Waals surface area contributed by atoms with Crippen molar-refractivity contribution < 1.29 is 199 Å². The first-order chi connectivity index (χ1) is 91.8. The molecule has 8 aliphatic heterocycles. The molecule has 120 heavy (non-hydrogen) atoms. The number of rotatable bonds is 28. The summed E-state index contributed by atoms with van der Waals surface area (Å²) in [5, 5.41) is 0. The first-order valence-corrected chi connectivity index (χ1v) is 35.2. The molecule has 0 amide bonds. The SMILES string of the molecule is [2H]C([2H])([2H])C([2H])(C)C([2H])([2H])C1([2H])C([2H])([2H])N2CCc3cc(OC)c(OC)cc3C2([2H])C([2H])([2H])C1([2H])OC(=O)[C@@]([2H])(N)C([2H])(C([2H])([2H])[2H])C([2H])([2H])[2H].[2H]C([2H])([2H])Oc1cc2c(cc1OC)C1([2H])N(CC2)C([2H])([2H])C([2H])(C([2H])([2H])C([2H])(C)C([2H])([2H])[2H])C([2H])(OC(=O)[C@@]([2H])(N)C([2H])(C([2H])([2H])[2H])C([2H])([2H])[2H])C1([2H])[2H].[2H]C([2H])([2H])Oc1cc2c(cc1OC)C1([2H])N(CC2)C([2H])([2H])C([2H])(C([2H])([2H])C([2H])(C)C([2H])([2H])[2H])C([2H])(OC(=O)[C@@]([2H])(N)C([2H])(C([2H])([2H])[2H])C([2H])([2H])[2H])C1([2H])[2H].[2H]c1c2c(c([2H])c(OC)c1OC)C1N(CC2)C([2H])([2H])C([2H])(C([2H])([2H])C([2H])(C)C([2H])([2H])[2H])C(OC(=O)[C@@]([2H])(N)C([2H])(C([2H])([2H])[2H])C([2H])([2H])[2H])C1([2H])[2H]. The van der Waals surface area contributed by atoms with E-state index >= 15 is 0 Å². The average Bonchev–Trinajstić information content (AvgIpc) is 0.640. The maximum Gasteiger partial charge on any atom is 0.323 e. The maximum atomic E-state index is 13.9. The van der Waals surface area contributed by atoms with Gasteiger partial charge < -0.3 is 79.8 Å². The van der Waals surface area contributed by atoms with Gasteiger partial charge in [0, 0.05) is 224 Å². The molecule has 4 aromatic carbocycles. The molecule has 20 atom stereocenters. The Morgan fingerprint density at radius 2 is 0.683 bits per heavy atom. The van der Waals surface area contributed by atoms with Gasteiger partial charge in [-0.3, -0.25) is 38.8 Å². The molecule has 4 aromatic rings. The lowest BCUT2D eigenvalue weighted by molar-refractivity contribution is -0.161. The van der Waals surface area contributed by atoms with E-state index in [1.165, 1.54) is 13.2 Å². The van der Waals surface area contributed by atoms with Crippen LogP contribution in [0, 0.1) is 70.7 Å². The second kappa shape index (κ2) is 43.9. The number of methoxy groups -OCH3 is 8. The van der Waals surface area contributed by atoms with Gasteiger partial charge in [-0.25, -0.2) is 0 Å². The van der Waals surface area contributed by atoms with Crippen molar-refractivity contribution in [1.82, 2.24) is 19.6 Å². The number of piperidine rings is 4. The summed E-state index contributed by atoms with van der Waals surface area (Å²) in [4.78, 5) is 56.8. The van der Waals surface area contributed by atoms with Gasteiger partial charge in [-0.2, -0.15) is 0 Å². The smallest absolute Gasteiger partial charge is 0.323 e. The third kappa shape index (κ3) is 23.8. The maximum absolute atomic E-state index is 13.9. The molecule has 8 heterocycles. The molecule has 16 unspecified atom stereocenters. The van der Waals surface area contributed by atoms with Gasteiger partial charge >= 0.3 is 23.9 Å². The zero-order chi connectivity index (χ0) is 167. The Balaban J connectivity index is 0.000000302. The van der Waals surface area contributed by atoms with Crippen LogP contribution in [0.1, 0.15) is 353 Å². The van der Waals surface area contributed by atoms with Gasteiger partial charge in [0.15, 0.2) is 46.0 Å². The Morgan fingerprint density at radius 3 is 1.01 bits per heavy atom. The van der Waals surface area contributed by atoms with Crippen molar-refractivity contribution in [1.29, 1.82) is 0 Å². The van der Waals surface area contributed by atoms with Crippen molar-refractivity contribution in [3.8, 4) is 46.0 Å². The van der Waals surface area contributed by atoms with Gasteiger partial charge in [0.1, 0.15) is 48.4 Å². The zero-order valence-corrected chi connectivity index (χ0v) is 65.9. The summed E-state index contributed by atoms with van der Waals surface area (Å²) in [6.45, 7) is -65.8. The fraction of sp³-hybridized carbons (Fsp3) is 0.708. The van der Waals surface area contributed by atoms with Gasteiger partial charge in [-0.05, 0) is 191 Å². The number of carbonyl (C=O) groups is 4. The van der Waals surface area contributed by atoms with Crippen molar-refractivity contribution in [2.24, 2.45) is 93.7 Å². The Hall–Kier alpha value is -7.16. The highest BCUT2D eigenvalue weighted by molar-refractivity contribution is 5.77. The van der Waals surface area contributed by atoms with Gasteiger partial charge in [-0.1, -0.05) is 110 Å². The van der Waals surface area contributed by atoms with Crippen LogP contribution >= 0.6 is 0 Å². The quantitative estimate of drug-likeness (QED) is 0.0303. The number of esters is 4. The Labute approximate surface area is 845 Å². The van der Waals surface area contributed by atoms with Crippen LogP contribution in [0.5, 0.6) is 46.0 Å². The monoisotopic (exact) mass is 1760 g/mol. The minimum Gasteiger partial charge on any atom is -0.493 e. The van der Waals surface area contributed by atoms with E-state index < -0.39 is 442 Å². The lowest BCUT2D eigenvalue weighted by Gasteiger charge is -2.47. The Morgan fingerprint density at radius 1 is 0.392 bits per heavy atom. The summed E-state index contributed by atoms with van der Waals surface area (Å²) in [6, 6.07) is -25.5. The Kier molecular flexibility index (Phi) is 11.6. The van der Waals surface area contributed by atoms with Gasteiger partial charge in [0.05, 0.1) is 81.4 Å². The van der Waals surface area contributed by atoms with E-state index in [2.05, 4.69) is 0 Å². The van der Waals surface area contributed by atoms with E-state index in [4.69, 9.17) is 168 Å². The molecule has 0 aliphatic carbocycles. The van der Waals surface area contributed by atoms with Crippen molar-refractivity contribution >= 4 is 23.9 Å². The third-order valence-corrected chi connectivity index (χ3v) is 17.6. The van der Waals surface area contributed by atoms with Crippen molar-refractivity contribution in [2.75, 3.05) is 109 Å². The number of nitrogens with two attached hydrogens (primary N) is 4. The molecule has 0 saturated carbocycles. The first-order valence-electron chi connectivity index (χ1n) is 80.2. The topological polar surface area (TPSA) is 296 Å². The van der Waals surface area contributed by atoms with Gasteiger partial charge in [-0.15, -0.1) is 0 Å². The van der Waals surface area contributed by atoms with Crippen LogP contribution in [0.25, 0.3) is 0 Å². The number of nitrogens with zero attached hydrogens (tertiary/aromatic N) is 4. The molecule has 8 N–H and O–H groups in total. The standard InChI is InChI=1S/4C24H38N2O4/c4*1-14(2)9-17-13-26-8-7-16-10-21(28-5)22(29-6)11-18(16)19(26)12-20(17)30-24(27)23(25)15(3)4/h4*10-11,14-15,17,19-20,23H,7-9,12-13,25H2,1-6H3/t4*17?,19?,20?,23-/m0000/s1/i2*1D3,3D3,4D3,5D3,9D2,12D2,13D2,14D,15D,17D,19D,20D,23D;1D3,3D3,4D3,9D2,12D2,13D2,14D,15D,17D,19D,20D,23D;1D3,3D3,4D3,9D2,10D,11D,12D2,13D2,14D,15D,17D,23D/t4*14?,17?,19?,20?,23-. The summed E-state index contributed by atoms with van der Waals surface area (Å²) in [7, 11) is 0.411. The van der Waals surface area contributed by atoms with Crippen molar-refractivity contribution in [3.05, 3.63) is 93.0 Å². The van der Waals surface area contributed by atoms with E-state index in [-0.39, 0.29) is 67.0 Å². The molecule has 24 heteroatoms. The molecular formula is C96H152N8O16. The highest BCUT2D eigenvalue weighted by Crippen LogP contribution is 2.50. The minimum atomic E-state index is -4.78. The molecule has 4 saturated heterocycles. The number of ether oxygens (including phenoxy) is 12. The average molecular weight is 1760 g/mol. The van der Waals surface area contributed by atoms with E-state index in [0.29, 0.717) is 32.6 Å². The molecule has 0 spiro atoms. The van der Waals surface area contributed by atoms with Crippen LogP contribution in [-0.2, 0) is 63.8 Å². The number of carbonyl (C=O) groups excluding carboxylic acids is 4. The van der Waals surface area contributed by atoms with Gasteiger partial charge in [0.2, 0.25) is 0 Å². The molecule has 12 rings (SSSR count). The predicted molar refractivity (Wildman–Crippen MR) is 471 cm³/mol. The fourth-order valence-corrected chi connectivity index (χ4v) is 12.1. The lowest BCUT2D eigenvalue weighted by Crippen LogP contribution is -2.51. The van der Waals surface area contributed by atoms with Crippen LogP contribution in [-0.4, -0.2) is 201 Å². The highest BCUT2D eigenvalue weighted by atomic mass is 16.6. The highest BCUT2D eigenvalue weighted by Gasteiger charge is 2.47. The molecule has 8 aliphatic rings. The van der Waals surface area contributed by atoms with E-state index in [0.717, 1.165) is 65.9 Å². The summed E-state index contributed by atoms with van der Waals surface area (Å²) in [6.07, 6.45) is -52.7. The third-order valence-electron chi connectivity index (χ3n) is 17.6. The molecule has 0 radical (unpaired) electrons. The van der Waals surface area contributed by atoms with E-state index in [9.17, 15) is 54.8 Å². The second-order valence-electron chi connectivity index (χ2n) is 25.8. The molecule has 24 nitrogen and oxygen atoms in total. The molecule has 4 fully saturated rings. The summed E-state index contributed by atoms with van der Waals surface area (Å²) >= 11 is 0. The number of hydrogen-bond acceptors (Lipinski definition) is 24. The van der Waals surface area contributed by atoms with Crippen LogP contribution in [0.15, 0.2) is 48.5 Å². The molecule has 0 aromatic heterocycles. The summed E-state index contributed by atoms with van der Waals surface area (Å²) < 4.78 is 818. The normalized spacial score (nSPS) is 50.7. The number of hydrogen-bond donors (Lipinski definition) is 4. The van der Waals surface area contributed by atoms with Crippen LogP contribution in [0.4, 0.5) is 0 Å². The predicted octanol–water partition coefficient (Wildman–Crippen LogP) is 14.3. The van der Waals surface area contributed by atoms with Crippen LogP contribution < -0.4 is 60.8 Å². The second-order valence-corrected chi connectivity index (χ2v) is 25.8. The van der Waals surface area contributed by atoms with Crippen LogP contribution in [0.3, 0.4) is 0 Å². The fourth-order valence-electron chi connectivity index (χ4n) is 12.1. The number of fused-ring (bicyclic) bond motifs is 12.